The molecule has 0 radical (unpaired) electrons. The standard InChI is InChI=1S/C7H5N5O3/c13-12(14)6-2-1-5(15-6)3-8-7-9-4-10-11-7/h1-4H,(H,9,10,11)/b8-3+. The summed E-state index contributed by atoms with van der Waals surface area (Å²) in [4.78, 5) is 17.2. The molecule has 2 heterocycles. The fourth-order valence-corrected chi connectivity index (χ4v) is 0.896. The average Bonchev–Trinajstić information content (AvgIpc) is 2.86. The molecule has 0 spiro atoms. The second kappa shape index (κ2) is 3.70. The van der Waals surface area contributed by atoms with Crippen molar-refractivity contribution in [2.24, 2.45) is 4.99 Å². The molecule has 0 fully saturated rings. The van der Waals surface area contributed by atoms with Crippen LogP contribution in [-0.2, 0) is 0 Å². The molecule has 0 aliphatic carbocycles. The Morgan fingerprint density at radius 2 is 2.47 bits per heavy atom. The highest BCUT2D eigenvalue weighted by molar-refractivity contribution is 5.77. The van der Waals surface area contributed by atoms with Crippen molar-refractivity contribution in [1.29, 1.82) is 0 Å². The minimum absolute atomic E-state index is 0.276. The van der Waals surface area contributed by atoms with Crippen LogP contribution >= 0.6 is 0 Å². The fourth-order valence-electron chi connectivity index (χ4n) is 0.896. The Morgan fingerprint density at radius 3 is 3.07 bits per heavy atom. The van der Waals surface area contributed by atoms with Crippen molar-refractivity contribution in [3.05, 3.63) is 34.3 Å². The van der Waals surface area contributed by atoms with Gasteiger partial charge in [0.15, 0.2) is 5.76 Å². The van der Waals surface area contributed by atoms with E-state index >= 15 is 0 Å². The zero-order chi connectivity index (χ0) is 10.7. The van der Waals surface area contributed by atoms with Gasteiger partial charge in [0, 0.05) is 0 Å². The summed E-state index contributed by atoms with van der Waals surface area (Å²) in [5.41, 5.74) is 0. The number of aromatic amines is 1. The lowest BCUT2D eigenvalue weighted by Crippen LogP contribution is -1.83. The number of furan rings is 1. The molecule has 2 aromatic rings. The second-order valence-corrected chi connectivity index (χ2v) is 2.50. The summed E-state index contributed by atoms with van der Waals surface area (Å²) < 4.78 is 4.83. The predicted molar refractivity (Wildman–Crippen MR) is 49.0 cm³/mol. The van der Waals surface area contributed by atoms with Crippen molar-refractivity contribution < 1.29 is 9.34 Å². The van der Waals surface area contributed by atoms with Crippen molar-refractivity contribution >= 4 is 18.0 Å². The first kappa shape index (κ1) is 9.06. The zero-order valence-electron chi connectivity index (χ0n) is 7.32. The van der Waals surface area contributed by atoms with E-state index < -0.39 is 4.92 Å². The largest absolute Gasteiger partial charge is 0.433 e. The monoisotopic (exact) mass is 207 g/mol. The van der Waals surface area contributed by atoms with Crippen LogP contribution in [0.1, 0.15) is 5.76 Å². The smallest absolute Gasteiger partial charge is 0.400 e. The molecule has 0 bridgehead atoms. The third-order valence-corrected chi connectivity index (χ3v) is 1.51. The van der Waals surface area contributed by atoms with Crippen LogP contribution in [0.2, 0.25) is 0 Å². The molecule has 0 amide bonds. The van der Waals surface area contributed by atoms with E-state index in [1.165, 1.54) is 24.7 Å². The number of hydrogen-bond acceptors (Lipinski definition) is 6. The number of nitrogens with one attached hydrogen (secondary N) is 1. The van der Waals surface area contributed by atoms with Crippen molar-refractivity contribution in [3.63, 3.8) is 0 Å². The highest BCUT2D eigenvalue weighted by Gasteiger charge is 2.10. The maximum atomic E-state index is 10.3. The number of aromatic nitrogens is 3. The van der Waals surface area contributed by atoms with E-state index in [4.69, 9.17) is 4.42 Å². The van der Waals surface area contributed by atoms with Crippen LogP contribution in [0.25, 0.3) is 0 Å². The summed E-state index contributed by atoms with van der Waals surface area (Å²) in [6.45, 7) is 0. The molecule has 2 aromatic heterocycles. The van der Waals surface area contributed by atoms with Gasteiger partial charge in [-0.1, -0.05) is 0 Å². The maximum absolute atomic E-state index is 10.3. The minimum atomic E-state index is -0.619. The first-order chi connectivity index (χ1) is 7.25. The van der Waals surface area contributed by atoms with Crippen LogP contribution < -0.4 is 0 Å². The topological polar surface area (TPSA) is 110 Å². The average molecular weight is 207 g/mol. The fraction of sp³-hybridized carbons (Fsp3) is 0. The Morgan fingerprint density at radius 1 is 1.60 bits per heavy atom. The molecule has 0 saturated heterocycles. The first-order valence-corrected chi connectivity index (χ1v) is 3.89. The number of hydrogen-bond donors (Lipinski definition) is 1. The van der Waals surface area contributed by atoms with Crippen LogP contribution in [-0.4, -0.2) is 26.3 Å². The number of H-pyrrole nitrogens is 1. The van der Waals surface area contributed by atoms with Crippen molar-refractivity contribution in [2.45, 2.75) is 0 Å². The highest BCUT2D eigenvalue weighted by Crippen LogP contribution is 2.14. The van der Waals surface area contributed by atoms with E-state index in [1.54, 1.807) is 0 Å². The molecular weight excluding hydrogens is 202 g/mol. The Labute approximate surface area is 82.8 Å². The maximum Gasteiger partial charge on any atom is 0.433 e. The summed E-state index contributed by atoms with van der Waals surface area (Å²) in [5.74, 6) is 0.251. The van der Waals surface area contributed by atoms with E-state index in [9.17, 15) is 10.1 Å². The number of nitrogens with zero attached hydrogens (tertiary/aromatic N) is 4. The molecule has 15 heavy (non-hydrogen) atoms. The third-order valence-electron chi connectivity index (χ3n) is 1.51. The summed E-state index contributed by atoms with van der Waals surface area (Å²) in [7, 11) is 0. The van der Waals surface area contributed by atoms with Gasteiger partial charge in [-0.3, -0.25) is 10.1 Å². The van der Waals surface area contributed by atoms with Gasteiger partial charge in [0.25, 0.3) is 0 Å². The Bertz CT molecular complexity index is 486. The van der Waals surface area contributed by atoms with Crippen LogP contribution in [0.15, 0.2) is 27.9 Å². The normalized spacial score (nSPS) is 10.9. The molecule has 0 aliphatic heterocycles. The number of aliphatic imine (C=N–C) groups is 1. The summed E-state index contributed by atoms with van der Waals surface area (Å²) in [6, 6.07) is 2.69. The van der Waals surface area contributed by atoms with Crippen molar-refractivity contribution in [2.75, 3.05) is 0 Å². The Hall–Kier alpha value is -2.51. The summed E-state index contributed by atoms with van der Waals surface area (Å²) in [6.07, 6.45) is 2.62. The molecule has 0 aromatic carbocycles. The van der Waals surface area contributed by atoms with Gasteiger partial charge in [0.05, 0.1) is 12.3 Å². The SMILES string of the molecule is O=[N+]([O-])c1ccc(/C=N/c2ncn[nH]2)o1. The molecule has 0 unspecified atom stereocenters. The Balaban J connectivity index is 2.14. The van der Waals surface area contributed by atoms with Gasteiger partial charge in [-0.2, -0.15) is 10.1 Å². The van der Waals surface area contributed by atoms with Gasteiger partial charge in [-0.15, -0.1) is 0 Å². The molecular formula is C7H5N5O3. The van der Waals surface area contributed by atoms with E-state index in [0.717, 1.165) is 0 Å². The molecule has 0 saturated carbocycles. The van der Waals surface area contributed by atoms with Gasteiger partial charge >= 0.3 is 5.88 Å². The van der Waals surface area contributed by atoms with Crippen molar-refractivity contribution in [1.82, 2.24) is 15.2 Å². The number of rotatable bonds is 3. The lowest BCUT2D eigenvalue weighted by Gasteiger charge is -1.83. The quantitative estimate of drug-likeness (QED) is 0.459. The lowest BCUT2D eigenvalue weighted by molar-refractivity contribution is -0.402. The summed E-state index contributed by atoms with van der Waals surface area (Å²) >= 11 is 0. The first-order valence-electron chi connectivity index (χ1n) is 3.89. The van der Waals surface area contributed by atoms with Crippen LogP contribution in [0.4, 0.5) is 11.8 Å². The molecule has 2 rings (SSSR count). The van der Waals surface area contributed by atoms with Crippen molar-refractivity contribution in [3.8, 4) is 0 Å². The molecule has 8 nitrogen and oxygen atoms in total. The zero-order valence-corrected chi connectivity index (χ0v) is 7.32. The highest BCUT2D eigenvalue weighted by atomic mass is 16.6. The van der Waals surface area contributed by atoms with E-state index in [-0.39, 0.29) is 11.6 Å². The molecule has 0 aliphatic rings. The lowest BCUT2D eigenvalue weighted by atomic mass is 10.5. The van der Waals surface area contributed by atoms with Crippen LogP contribution in [0, 0.1) is 10.1 Å². The van der Waals surface area contributed by atoms with Gasteiger partial charge in [-0.25, -0.2) is 10.1 Å². The molecule has 8 heteroatoms. The van der Waals surface area contributed by atoms with Gasteiger partial charge in [-0.05, 0) is 6.07 Å². The van der Waals surface area contributed by atoms with E-state index in [2.05, 4.69) is 20.2 Å². The van der Waals surface area contributed by atoms with Gasteiger partial charge < -0.3 is 4.42 Å². The van der Waals surface area contributed by atoms with E-state index in [1.807, 2.05) is 0 Å². The second-order valence-electron chi connectivity index (χ2n) is 2.50. The van der Waals surface area contributed by atoms with Gasteiger partial charge in [0.2, 0.25) is 5.95 Å². The number of nitro groups is 1. The summed E-state index contributed by atoms with van der Waals surface area (Å²) in [5, 5.41) is 16.4. The Kier molecular flexibility index (Phi) is 2.23. The van der Waals surface area contributed by atoms with Crippen LogP contribution in [0.5, 0.6) is 0 Å². The predicted octanol–water partition coefficient (Wildman–Crippen LogP) is 1.06. The minimum Gasteiger partial charge on any atom is -0.400 e. The van der Waals surface area contributed by atoms with E-state index in [0.29, 0.717) is 5.95 Å². The molecule has 76 valence electrons. The van der Waals surface area contributed by atoms with Gasteiger partial charge in [0.1, 0.15) is 11.3 Å². The third kappa shape index (κ3) is 2.05. The molecule has 1 N–H and O–H groups in total. The van der Waals surface area contributed by atoms with Crippen LogP contribution in [0.3, 0.4) is 0 Å². The molecule has 0 atom stereocenters.